The Kier molecular flexibility index (Phi) is 5.72. The van der Waals surface area contributed by atoms with Crippen LogP contribution in [-0.4, -0.2) is 11.1 Å². The van der Waals surface area contributed by atoms with Gasteiger partial charge in [0.1, 0.15) is 6.61 Å². The molecule has 1 N–H and O–H groups in total. The molecular formula is C20H22O3. The number of carbonyl (C=O) groups excluding carboxylic acids is 1. The van der Waals surface area contributed by atoms with E-state index in [4.69, 9.17) is 9.84 Å². The van der Waals surface area contributed by atoms with Gasteiger partial charge < -0.3 is 9.84 Å². The van der Waals surface area contributed by atoms with Crippen LogP contribution in [0.5, 0.6) is 0 Å². The highest BCUT2D eigenvalue weighted by molar-refractivity contribution is 5.87. The van der Waals surface area contributed by atoms with E-state index < -0.39 is 0 Å². The van der Waals surface area contributed by atoms with Crippen LogP contribution in [0.15, 0.2) is 54.1 Å². The van der Waals surface area contributed by atoms with Crippen molar-refractivity contribution in [2.45, 2.75) is 34.0 Å². The van der Waals surface area contributed by atoms with Gasteiger partial charge in [-0.1, -0.05) is 42.5 Å². The largest absolute Gasteiger partial charge is 0.457 e. The van der Waals surface area contributed by atoms with Crippen molar-refractivity contribution in [1.29, 1.82) is 0 Å². The molecule has 0 spiro atoms. The molecule has 0 aliphatic heterocycles. The van der Waals surface area contributed by atoms with Gasteiger partial charge in [0.2, 0.25) is 0 Å². The lowest BCUT2D eigenvalue weighted by molar-refractivity contribution is -0.140. The molecule has 3 nitrogen and oxygen atoms in total. The summed E-state index contributed by atoms with van der Waals surface area (Å²) in [5.74, 6) is -0.287. The first kappa shape index (κ1) is 17.0. The molecule has 23 heavy (non-hydrogen) atoms. The van der Waals surface area contributed by atoms with E-state index in [9.17, 15) is 4.79 Å². The van der Waals surface area contributed by atoms with Crippen LogP contribution >= 0.6 is 0 Å². The number of rotatable bonds is 5. The van der Waals surface area contributed by atoms with Crippen molar-refractivity contribution in [2.75, 3.05) is 0 Å². The molecule has 3 heteroatoms. The highest BCUT2D eigenvalue weighted by Crippen LogP contribution is 2.23. The van der Waals surface area contributed by atoms with E-state index in [1.54, 1.807) is 13.0 Å². The van der Waals surface area contributed by atoms with E-state index in [2.05, 4.69) is 0 Å². The topological polar surface area (TPSA) is 46.5 Å². The molecule has 0 radical (unpaired) electrons. The molecule has 0 unspecified atom stereocenters. The van der Waals surface area contributed by atoms with Crippen molar-refractivity contribution in [3.8, 4) is 11.1 Å². The quantitative estimate of drug-likeness (QED) is 0.666. The number of esters is 1. The van der Waals surface area contributed by atoms with E-state index in [1.165, 1.54) is 0 Å². The molecule has 2 aromatic rings. The molecule has 0 saturated heterocycles. The molecule has 0 aliphatic rings. The number of hydrogen-bond acceptors (Lipinski definition) is 3. The molecule has 0 aromatic heterocycles. The SMILES string of the molecule is C/C=C(\C)C(=O)OCc1cc(-c2ccc(CO)cc2)ccc1C. The van der Waals surface area contributed by atoms with Crippen LogP contribution in [0.4, 0.5) is 0 Å². The van der Waals surface area contributed by atoms with Crippen LogP contribution in [0.3, 0.4) is 0 Å². The zero-order chi connectivity index (χ0) is 16.8. The summed E-state index contributed by atoms with van der Waals surface area (Å²) in [5.41, 5.74) is 5.71. The number of hydrogen-bond donors (Lipinski definition) is 1. The summed E-state index contributed by atoms with van der Waals surface area (Å²) < 4.78 is 5.35. The van der Waals surface area contributed by atoms with Crippen molar-refractivity contribution in [3.05, 3.63) is 70.8 Å². The van der Waals surface area contributed by atoms with Gasteiger partial charge in [-0.05, 0) is 54.7 Å². The number of carbonyl (C=O) groups is 1. The van der Waals surface area contributed by atoms with Gasteiger partial charge in [0.25, 0.3) is 0 Å². The van der Waals surface area contributed by atoms with Gasteiger partial charge in [-0.15, -0.1) is 0 Å². The molecule has 0 bridgehead atoms. The summed E-state index contributed by atoms with van der Waals surface area (Å²) in [5, 5.41) is 9.11. The van der Waals surface area contributed by atoms with Crippen molar-refractivity contribution in [3.63, 3.8) is 0 Å². The standard InChI is InChI=1S/C20H22O3/c1-4-14(2)20(22)23-13-19-11-18(8-5-15(19)3)17-9-6-16(12-21)7-10-17/h4-11,21H,12-13H2,1-3H3/b14-4+. The fourth-order valence-corrected chi connectivity index (χ4v) is 2.18. The Morgan fingerprint density at radius 1 is 1.13 bits per heavy atom. The zero-order valence-electron chi connectivity index (χ0n) is 13.8. The Bertz CT molecular complexity index is 712. The first-order valence-electron chi connectivity index (χ1n) is 7.65. The average Bonchev–Trinajstić information content (AvgIpc) is 2.60. The van der Waals surface area contributed by atoms with Crippen molar-refractivity contribution < 1.29 is 14.6 Å². The summed E-state index contributed by atoms with van der Waals surface area (Å²) >= 11 is 0. The Balaban J connectivity index is 2.19. The van der Waals surface area contributed by atoms with Crippen LogP contribution in [0, 0.1) is 6.92 Å². The van der Waals surface area contributed by atoms with Gasteiger partial charge in [-0.2, -0.15) is 0 Å². The van der Waals surface area contributed by atoms with Crippen LogP contribution in [0.25, 0.3) is 11.1 Å². The predicted octanol–water partition coefficient (Wildman–Crippen LogP) is 4.16. The van der Waals surface area contributed by atoms with Crippen molar-refractivity contribution in [2.24, 2.45) is 0 Å². The maximum atomic E-state index is 11.8. The smallest absolute Gasteiger partial charge is 0.333 e. The minimum Gasteiger partial charge on any atom is -0.457 e. The minimum absolute atomic E-state index is 0.0413. The molecule has 120 valence electrons. The van der Waals surface area contributed by atoms with Gasteiger partial charge in [0, 0.05) is 5.57 Å². The van der Waals surface area contributed by atoms with Gasteiger partial charge in [0.15, 0.2) is 0 Å². The van der Waals surface area contributed by atoms with E-state index >= 15 is 0 Å². The van der Waals surface area contributed by atoms with E-state index in [0.29, 0.717) is 5.57 Å². The van der Waals surface area contributed by atoms with Crippen molar-refractivity contribution in [1.82, 2.24) is 0 Å². The molecule has 0 amide bonds. The van der Waals surface area contributed by atoms with Crippen molar-refractivity contribution >= 4 is 5.97 Å². The number of aliphatic hydroxyl groups excluding tert-OH is 1. The third kappa shape index (κ3) is 4.30. The Morgan fingerprint density at radius 2 is 1.78 bits per heavy atom. The van der Waals surface area contributed by atoms with Crippen LogP contribution in [0.1, 0.15) is 30.5 Å². The van der Waals surface area contributed by atoms with Crippen LogP contribution < -0.4 is 0 Å². The van der Waals surface area contributed by atoms with Crippen LogP contribution in [-0.2, 0) is 22.7 Å². The lowest BCUT2D eigenvalue weighted by Crippen LogP contribution is -2.06. The maximum Gasteiger partial charge on any atom is 0.333 e. The molecular weight excluding hydrogens is 288 g/mol. The van der Waals surface area contributed by atoms with Gasteiger partial charge in [-0.3, -0.25) is 0 Å². The fraction of sp³-hybridized carbons (Fsp3) is 0.250. The number of aryl methyl sites for hydroxylation is 1. The second kappa shape index (κ2) is 7.75. The fourth-order valence-electron chi connectivity index (χ4n) is 2.18. The van der Waals surface area contributed by atoms with Gasteiger partial charge >= 0.3 is 5.97 Å². The van der Waals surface area contributed by atoms with E-state index in [-0.39, 0.29) is 19.2 Å². The van der Waals surface area contributed by atoms with Crippen LogP contribution in [0.2, 0.25) is 0 Å². The number of aliphatic hydroxyl groups is 1. The second-order valence-electron chi connectivity index (χ2n) is 5.54. The minimum atomic E-state index is -0.287. The summed E-state index contributed by atoms with van der Waals surface area (Å²) in [6, 6.07) is 13.9. The summed E-state index contributed by atoms with van der Waals surface area (Å²) in [4.78, 5) is 11.8. The summed E-state index contributed by atoms with van der Waals surface area (Å²) in [7, 11) is 0. The third-order valence-electron chi connectivity index (χ3n) is 3.93. The molecule has 0 heterocycles. The highest BCUT2D eigenvalue weighted by Gasteiger charge is 2.08. The number of benzene rings is 2. The normalized spacial score (nSPS) is 11.4. The lowest BCUT2D eigenvalue weighted by Gasteiger charge is -2.11. The first-order valence-corrected chi connectivity index (χ1v) is 7.65. The molecule has 0 saturated carbocycles. The summed E-state index contributed by atoms with van der Waals surface area (Å²) in [6.07, 6.45) is 1.74. The van der Waals surface area contributed by atoms with E-state index in [0.717, 1.165) is 27.8 Å². The molecule has 0 aliphatic carbocycles. The average molecular weight is 310 g/mol. The number of ether oxygens (including phenoxy) is 1. The highest BCUT2D eigenvalue weighted by atomic mass is 16.5. The summed E-state index contributed by atoms with van der Waals surface area (Å²) in [6.45, 7) is 5.87. The molecule has 0 fully saturated rings. The third-order valence-corrected chi connectivity index (χ3v) is 3.93. The van der Waals surface area contributed by atoms with Gasteiger partial charge in [-0.25, -0.2) is 4.79 Å². The van der Waals surface area contributed by atoms with Gasteiger partial charge in [0.05, 0.1) is 6.61 Å². The molecule has 2 aromatic carbocycles. The lowest BCUT2D eigenvalue weighted by atomic mass is 9.99. The monoisotopic (exact) mass is 310 g/mol. The molecule has 0 atom stereocenters. The predicted molar refractivity (Wildman–Crippen MR) is 91.8 cm³/mol. The Morgan fingerprint density at radius 3 is 2.39 bits per heavy atom. The first-order chi connectivity index (χ1) is 11.0. The Labute approximate surface area is 137 Å². The molecule has 2 rings (SSSR count). The maximum absolute atomic E-state index is 11.8. The van der Waals surface area contributed by atoms with E-state index in [1.807, 2.05) is 56.3 Å². The number of allylic oxidation sites excluding steroid dienone is 1. The second-order valence-corrected chi connectivity index (χ2v) is 5.54. The Hall–Kier alpha value is -2.39. The zero-order valence-corrected chi connectivity index (χ0v) is 13.8.